The Morgan fingerprint density at radius 2 is 1.88 bits per heavy atom. The number of aryl methyl sites for hydroxylation is 2. The largest absolute Gasteiger partial charge is 0.492 e. The third kappa shape index (κ3) is 3.60. The van der Waals surface area contributed by atoms with E-state index in [0.717, 1.165) is 22.7 Å². The topological polar surface area (TPSA) is 92.4 Å². The lowest BCUT2D eigenvalue weighted by molar-refractivity contribution is 0.447. The maximum absolute atomic E-state index is 12.4. The van der Waals surface area contributed by atoms with Crippen molar-refractivity contribution in [2.24, 2.45) is 0 Å². The highest BCUT2D eigenvalue weighted by atomic mass is 32.2. The van der Waals surface area contributed by atoms with E-state index in [2.05, 4.69) is 9.71 Å². The number of nitrogens with one attached hydrogen (secondary N) is 1. The average molecular weight is 364 g/mol. The molecule has 24 heavy (non-hydrogen) atoms. The summed E-state index contributed by atoms with van der Waals surface area (Å²) in [5.74, 6) is 1.25. The molecule has 2 aromatic heterocycles. The normalized spacial score (nSPS) is 11.6. The third-order valence-electron chi connectivity index (χ3n) is 3.36. The maximum atomic E-state index is 12.4. The highest BCUT2D eigenvalue weighted by molar-refractivity contribution is 7.93. The summed E-state index contributed by atoms with van der Waals surface area (Å²) in [5.41, 5.74) is 0.969. The molecular weight excluding hydrogens is 348 g/mol. The Morgan fingerprint density at radius 1 is 1.17 bits per heavy atom. The zero-order valence-corrected chi connectivity index (χ0v) is 14.7. The number of anilines is 1. The van der Waals surface area contributed by atoms with Gasteiger partial charge in [-0.1, -0.05) is 29.0 Å². The van der Waals surface area contributed by atoms with E-state index in [9.17, 15) is 13.5 Å². The molecule has 0 saturated heterocycles. The summed E-state index contributed by atoms with van der Waals surface area (Å²) in [6.07, 6.45) is 0.351. The number of hydrogen-bond acceptors (Lipinski definition) is 6. The Hall–Kier alpha value is -2.32. The molecule has 8 heteroatoms. The van der Waals surface area contributed by atoms with Gasteiger partial charge in [0.1, 0.15) is 11.5 Å². The molecule has 0 atom stereocenters. The van der Waals surface area contributed by atoms with E-state index in [-0.39, 0.29) is 15.9 Å². The summed E-state index contributed by atoms with van der Waals surface area (Å²) in [6, 6.07) is 10.1. The number of thiazole rings is 1. The molecule has 0 aliphatic carbocycles. The van der Waals surface area contributed by atoms with Crippen LogP contribution in [0, 0.1) is 13.8 Å². The fourth-order valence-corrected chi connectivity index (χ4v) is 4.23. The second-order valence-corrected chi connectivity index (χ2v) is 8.14. The number of benzene rings is 1. The number of hydrogen-bond donors (Lipinski definition) is 2. The number of nitrogens with zero attached hydrogens (tertiary/aromatic N) is 1. The number of furan rings is 1. The van der Waals surface area contributed by atoms with E-state index in [1.54, 1.807) is 12.1 Å². The highest BCUT2D eigenvalue weighted by Crippen LogP contribution is 2.31. The summed E-state index contributed by atoms with van der Waals surface area (Å²) < 4.78 is 32.6. The molecule has 0 bridgehead atoms. The molecule has 0 fully saturated rings. The SMILES string of the molecule is Cc1ccc(S(=O)(=O)Nc2nc(O)c(Cc3ccc(C)o3)s2)cc1. The quantitative estimate of drug-likeness (QED) is 0.723. The Kier molecular flexibility index (Phi) is 4.33. The van der Waals surface area contributed by atoms with Gasteiger partial charge in [0, 0.05) is 6.42 Å². The smallest absolute Gasteiger partial charge is 0.263 e. The summed E-state index contributed by atoms with van der Waals surface area (Å²) >= 11 is 1.08. The molecule has 0 amide bonds. The minimum absolute atomic E-state index is 0.117. The van der Waals surface area contributed by atoms with Crippen LogP contribution in [0.25, 0.3) is 0 Å². The Bertz CT molecular complexity index is 956. The predicted octanol–water partition coefficient (Wildman–Crippen LogP) is 3.45. The van der Waals surface area contributed by atoms with Crippen LogP contribution in [-0.2, 0) is 16.4 Å². The van der Waals surface area contributed by atoms with Gasteiger partial charge in [0.05, 0.1) is 9.77 Å². The van der Waals surface area contributed by atoms with Crippen LogP contribution in [0.2, 0.25) is 0 Å². The molecule has 1 aromatic carbocycles. The van der Waals surface area contributed by atoms with Crippen molar-refractivity contribution in [1.82, 2.24) is 4.98 Å². The maximum Gasteiger partial charge on any atom is 0.263 e. The molecule has 0 radical (unpaired) electrons. The van der Waals surface area contributed by atoms with Gasteiger partial charge in [0.2, 0.25) is 5.88 Å². The molecule has 2 heterocycles. The van der Waals surface area contributed by atoms with Gasteiger partial charge in [-0.05, 0) is 38.1 Å². The van der Waals surface area contributed by atoms with Gasteiger partial charge < -0.3 is 9.52 Å². The first-order valence-electron chi connectivity index (χ1n) is 7.17. The van der Waals surface area contributed by atoms with Crippen LogP contribution in [-0.4, -0.2) is 18.5 Å². The number of aromatic nitrogens is 1. The van der Waals surface area contributed by atoms with Crippen LogP contribution >= 0.6 is 11.3 Å². The minimum atomic E-state index is -3.74. The van der Waals surface area contributed by atoms with Crippen molar-refractivity contribution in [1.29, 1.82) is 0 Å². The van der Waals surface area contributed by atoms with E-state index in [0.29, 0.717) is 17.1 Å². The number of sulfonamides is 1. The average Bonchev–Trinajstić information content (AvgIpc) is 3.05. The molecule has 2 N–H and O–H groups in total. The van der Waals surface area contributed by atoms with Crippen molar-refractivity contribution in [2.45, 2.75) is 25.2 Å². The molecule has 0 unspecified atom stereocenters. The lowest BCUT2D eigenvalue weighted by atomic mass is 10.2. The molecule has 6 nitrogen and oxygen atoms in total. The molecule has 3 aromatic rings. The van der Waals surface area contributed by atoms with E-state index in [1.807, 2.05) is 26.0 Å². The van der Waals surface area contributed by atoms with Crippen molar-refractivity contribution in [3.05, 3.63) is 58.4 Å². The number of aromatic hydroxyl groups is 1. The zero-order valence-electron chi connectivity index (χ0n) is 13.1. The van der Waals surface area contributed by atoms with Gasteiger partial charge in [-0.25, -0.2) is 8.42 Å². The molecule has 0 spiro atoms. The Balaban J connectivity index is 1.80. The Morgan fingerprint density at radius 3 is 2.50 bits per heavy atom. The van der Waals surface area contributed by atoms with Crippen LogP contribution in [0.1, 0.15) is 22.0 Å². The first-order chi connectivity index (χ1) is 11.3. The van der Waals surface area contributed by atoms with Crippen molar-refractivity contribution in [3.63, 3.8) is 0 Å². The third-order valence-corrected chi connectivity index (χ3v) is 5.80. The lowest BCUT2D eigenvalue weighted by Gasteiger charge is -2.04. The molecule has 0 aliphatic rings. The summed E-state index contributed by atoms with van der Waals surface area (Å²) in [6.45, 7) is 3.71. The summed E-state index contributed by atoms with van der Waals surface area (Å²) in [5, 5.41) is 10.0. The van der Waals surface area contributed by atoms with Crippen LogP contribution in [0.4, 0.5) is 5.13 Å². The van der Waals surface area contributed by atoms with Crippen LogP contribution in [0.15, 0.2) is 45.7 Å². The second-order valence-electron chi connectivity index (χ2n) is 5.37. The fraction of sp³-hybridized carbons (Fsp3) is 0.188. The van der Waals surface area contributed by atoms with Crippen molar-refractivity contribution in [3.8, 4) is 5.88 Å². The van der Waals surface area contributed by atoms with E-state index < -0.39 is 10.0 Å². The van der Waals surface area contributed by atoms with Gasteiger partial charge in [-0.15, -0.1) is 0 Å². The minimum Gasteiger partial charge on any atom is -0.492 e. The van der Waals surface area contributed by atoms with Gasteiger partial charge in [0.15, 0.2) is 5.13 Å². The van der Waals surface area contributed by atoms with Crippen LogP contribution in [0.5, 0.6) is 5.88 Å². The lowest BCUT2D eigenvalue weighted by Crippen LogP contribution is -2.12. The van der Waals surface area contributed by atoms with E-state index in [4.69, 9.17) is 4.42 Å². The van der Waals surface area contributed by atoms with Crippen molar-refractivity contribution < 1.29 is 17.9 Å². The first-order valence-corrected chi connectivity index (χ1v) is 9.47. The van der Waals surface area contributed by atoms with E-state index in [1.165, 1.54) is 12.1 Å². The zero-order chi connectivity index (χ0) is 17.3. The van der Waals surface area contributed by atoms with Crippen LogP contribution in [0.3, 0.4) is 0 Å². The van der Waals surface area contributed by atoms with Gasteiger partial charge in [-0.2, -0.15) is 4.98 Å². The second kappa shape index (κ2) is 6.29. The fourth-order valence-electron chi connectivity index (χ4n) is 2.13. The predicted molar refractivity (Wildman–Crippen MR) is 92.0 cm³/mol. The van der Waals surface area contributed by atoms with Crippen molar-refractivity contribution >= 4 is 26.5 Å². The first kappa shape index (κ1) is 16.5. The monoisotopic (exact) mass is 364 g/mol. The standard InChI is InChI=1S/C16H16N2O4S2/c1-10-3-7-13(8-4-10)24(20,21)18-16-17-15(19)14(23-16)9-12-6-5-11(2)22-12/h3-8,19H,9H2,1-2H3,(H,17,18). The molecule has 0 aliphatic heterocycles. The summed E-state index contributed by atoms with van der Waals surface area (Å²) in [4.78, 5) is 4.56. The Labute approximate surface area is 143 Å². The molecule has 126 valence electrons. The molecular formula is C16H16N2O4S2. The number of rotatable bonds is 5. The highest BCUT2D eigenvalue weighted by Gasteiger charge is 2.19. The van der Waals surface area contributed by atoms with Gasteiger partial charge >= 0.3 is 0 Å². The summed E-state index contributed by atoms with van der Waals surface area (Å²) in [7, 11) is -3.74. The van der Waals surface area contributed by atoms with Gasteiger partial charge in [0.25, 0.3) is 10.0 Å². The van der Waals surface area contributed by atoms with E-state index >= 15 is 0 Å². The molecule has 3 rings (SSSR count). The molecule has 0 saturated carbocycles. The van der Waals surface area contributed by atoms with Crippen molar-refractivity contribution in [2.75, 3.05) is 4.72 Å². The van der Waals surface area contributed by atoms with Crippen LogP contribution < -0.4 is 4.72 Å². The van der Waals surface area contributed by atoms with Gasteiger partial charge in [-0.3, -0.25) is 4.72 Å².